The predicted octanol–water partition coefficient (Wildman–Crippen LogP) is 3.38. The molecule has 5 heteroatoms. The molecule has 0 heterocycles. The van der Waals surface area contributed by atoms with E-state index in [1.54, 1.807) is 0 Å². The average Bonchev–Trinajstić information content (AvgIpc) is 2.47. The van der Waals surface area contributed by atoms with Gasteiger partial charge in [-0.25, -0.2) is 0 Å². The molecule has 2 aromatic rings. The Bertz CT molecular complexity index is 626. The van der Waals surface area contributed by atoms with Crippen LogP contribution in [-0.2, 0) is 0 Å². The molecule has 2 aromatic carbocycles. The van der Waals surface area contributed by atoms with E-state index in [4.69, 9.17) is 5.73 Å². The summed E-state index contributed by atoms with van der Waals surface area (Å²) in [4.78, 5) is 4.18. The average molecular weight is 411 g/mol. The van der Waals surface area contributed by atoms with Gasteiger partial charge in [-0.05, 0) is 31.5 Å². The lowest BCUT2D eigenvalue weighted by Gasteiger charge is -2.10. The molecule has 0 spiro atoms. The van der Waals surface area contributed by atoms with E-state index in [0.29, 0.717) is 5.96 Å². The standard InChI is InChI=1S/C17H21N3O.HI/c1-12-6-8-15(9-7-12)20-17(18)19-11-16(21)14-5-3-4-13(2)10-14;/h3-10,16,21H,11H2,1-2H3,(H3,18,19,20);1H. The number of benzene rings is 2. The number of hydrogen-bond acceptors (Lipinski definition) is 2. The summed E-state index contributed by atoms with van der Waals surface area (Å²) >= 11 is 0. The van der Waals surface area contributed by atoms with Gasteiger partial charge in [0.25, 0.3) is 0 Å². The molecule has 0 amide bonds. The van der Waals surface area contributed by atoms with E-state index >= 15 is 0 Å². The second-order valence-corrected chi connectivity index (χ2v) is 5.15. The highest BCUT2D eigenvalue weighted by atomic mass is 127. The summed E-state index contributed by atoms with van der Waals surface area (Å²) in [5.74, 6) is 0.297. The van der Waals surface area contributed by atoms with E-state index in [-0.39, 0.29) is 30.5 Å². The molecule has 0 radical (unpaired) electrons. The van der Waals surface area contributed by atoms with Gasteiger partial charge in [0, 0.05) is 5.69 Å². The SMILES string of the molecule is Cc1ccc(NC(N)=NCC(O)c2cccc(C)c2)cc1.I. The topological polar surface area (TPSA) is 70.6 Å². The number of aryl methyl sites for hydroxylation is 2. The molecule has 0 saturated heterocycles. The lowest BCUT2D eigenvalue weighted by molar-refractivity contribution is 0.187. The lowest BCUT2D eigenvalue weighted by Crippen LogP contribution is -2.23. The Morgan fingerprint density at radius 1 is 1.14 bits per heavy atom. The van der Waals surface area contributed by atoms with Crippen LogP contribution >= 0.6 is 24.0 Å². The Kier molecular flexibility index (Phi) is 7.34. The predicted molar refractivity (Wildman–Crippen MR) is 103 cm³/mol. The van der Waals surface area contributed by atoms with Gasteiger partial charge in [-0.3, -0.25) is 4.99 Å². The maximum Gasteiger partial charge on any atom is 0.193 e. The first-order valence-electron chi connectivity index (χ1n) is 6.93. The van der Waals surface area contributed by atoms with Gasteiger partial charge in [-0.2, -0.15) is 0 Å². The Hall–Kier alpha value is -1.60. The molecular formula is C17H22IN3O. The molecule has 118 valence electrons. The second-order valence-electron chi connectivity index (χ2n) is 5.15. The third-order valence-corrected chi connectivity index (χ3v) is 3.19. The number of nitrogens with one attached hydrogen (secondary N) is 1. The zero-order valence-corrected chi connectivity index (χ0v) is 15.1. The third-order valence-electron chi connectivity index (χ3n) is 3.19. The molecule has 0 aliphatic heterocycles. The Morgan fingerprint density at radius 3 is 2.45 bits per heavy atom. The Labute approximate surface area is 148 Å². The number of halogens is 1. The van der Waals surface area contributed by atoms with Crippen molar-refractivity contribution in [2.45, 2.75) is 20.0 Å². The summed E-state index contributed by atoms with van der Waals surface area (Å²) in [7, 11) is 0. The molecule has 1 atom stereocenters. The molecule has 4 nitrogen and oxygen atoms in total. The zero-order valence-electron chi connectivity index (χ0n) is 12.8. The van der Waals surface area contributed by atoms with Crippen LogP contribution in [0.15, 0.2) is 53.5 Å². The number of nitrogens with zero attached hydrogens (tertiary/aromatic N) is 1. The molecular weight excluding hydrogens is 389 g/mol. The van der Waals surface area contributed by atoms with Crippen molar-refractivity contribution in [3.63, 3.8) is 0 Å². The van der Waals surface area contributed by atoms with Crippen LogP contribution in [0, 0.1) is 13.8 Å². The number of rotatable bonds is 4. The summed E-state index contributed by atoms with van der Waals surface area (Å²) in [6, 6.07) is 15.6. The number of aliphatic hydroxyl groups is 1. The van der Waals surface area contributed by atoms with Crippen LogP contribution in [0.5, 0.6) is 0 Å². The van der Waals surface area contributed by atoms with E-state index in [1.807, 2.05) is 62.4 Å². The summed E-state index contributed by atoms with van der Waals surface area (Å²) in [5, 5.41) is 13.1. The molecule has 0 bridgehead atoms. The highest BCUT2D eigenvalue weighted by molar-refractivity contribution is 14.0. The number of hydrogen-bond donors (Lipinski definition) is 3. The minimum Gasteiger partial charge on any atom is -0.386 e. The molecule has 0 fully saturated rings. The van der Waals surface area contributed by atoms with E-state index in [9.17, 15) is 5.11 Å². The highest BCUT2D eigenvalue weighted by Gasteiger charge is 2.06. The van der Waals surface area contributed by atoms with Gasteiger partial charge in [-0.15, -0.1) is 24.0 Å². The van der Waals surface area contributed by atoms with Crippen molar-refractivity contribution in [1.82, 2.24) is 0 Å². The van der Waals surface area contributed by atoms with Crippen LogP contribution in [0.25, 0.3) is 0 Å². The lowest BCUT2D eigenvalue weighted by atomic mass is 10.1. The van der Waals surface area contributed by atoms with Crippen molar-refractivity contribution in [3.8, 4) is 0 Å². The molecule has 4 N–H and O–H groups in total. The van der Waals surface area contributed by atoms with Gasteiger partial charge < -0.3 is 16.2 Å². The summed E-state index contributed by atoms with van der Waals surface area (Å²) in [6.45, 7) is 4.25. The van der Waals surface area contributed by atoms with E-state index < -0.39 is 6.10 Å². The number of aliphatic hydroxyl groups excluding tert-OH is 1. The van der Waals surface area contributed by atoms with Crippen LogP contribution in [-0.4, -0.2) is 17.6 Å². The smallest absolute Gasteiger partial charge is 0.193 e. The van der Waals surface area contributed by atoms with E-state index in [0.717, 1.165) is 16.8 Å². The quantitative estimate of drug-likeness (QED) is 0.411. The third kappa shape index (κ3) is 5.65. The first kappa shape index (κ1) is 18.4. The minimum absolute atomic E-state index is 0. The first-order chi connectivity index (χ1) is 10.0. The van der Waals surface area contributed by atoms with Gasteiger partial charge in [0.2, 0.25) is 0 Å². The van der Waals surface area contributed by atoms with Gasteiger partial charge in [0.05, 0.1) is 12.6 Å². The van der Waals surface area contributed by atoms with Crippen molar-refractivity contribution in [1.29, 1.82) is 0 Å². The normalized spacial score (nSPS) is 12.4. The molecule has 1 unspecified atom stereocenters. The van der Waals surface area contributed by atoms with Crippen molar-refractivity contribution in [3.05, 3.63) is 65.2 Å². The van der Waals surface area contributed by atoms with Gasteiger partial charge in [0.1, 0.15) is 0 Å². The maximum atomic E-state index is 10.1. The molecule has 2 rings (SSSR count). The molecule has 22 heavy (non-hydrogen) atoms. The number of nitrogens with two attached hydrogens (primary N) is 1. The van der Waals surface area contributed by atoms with Crippen LogP contribution in [0.4, 0.5) is 5.69 Å². The number of anilines is 1. The largest absolute Gasteiger partial charge is 0.386 e. The van der Waals surface area contributed by atoms with Crippen LogP contribution < -0.4 is 11.1 Å². The molecule has 0 aliphatic rings. The van der Waals surface area contributed by atoms with Crippen molar-refractivity contribution < 1.29 is 5.11 Å². The van der Waals surface area contributed by atoms with Gasteiger partial charge in [-0.1, -0.05) is 47.5 Å². The van der Waals surface area contributed by atoms with Crippen molar-refractivity contribution >= 4 is 35.6 Å². The van der Waals surface area contributed by atoms with E-state index in [1.165, 1.54) is 5.56 Å². The van der Waals surface area contributed by atoms with Crippen LogP contribution in [0.3, 0.4) is 0 Å². The Morgan fingerprint density at radius 2 is 1.82 bits per heavy atom. The summed E-state index contributed by atoms with van der Waals surface area (Å²) < 4.78 is 0. The number of guanidine groups is 1. The molecule has 0 aliphatic carbocycles. The van der Waals surface area contributed by atoms with Crippen LogP contribution in [0.1, 0.15) is 22.8 Å². The molecule has 0 saturated carbocycles. The molecule has 0 aromatic heterocycles. The maximum absolute atomic E-state index is 10.1. The minimum atomic E-state index is -0.650. The van der Waals surface area contributed by atoms with E-state index in [2.05, 4.69) is 10.3 Å². The first-order valence-corrected chi connectivity index (χ1v) is 6.93. The summed E-state index contributed by atoms with van der Waals surface area (Å²) in [5.41, 5.74) is 9.86. The fraction of sp³-hybridized carbons (Fsp3) is 0.235. The number of aliphatic imine (C=N–C) groups is 1. The fourth-order valence-electron chi connectivity index (χ4n) is 1.99. The van der Waals surface area contributed by atoms with Crippen LogP contribution in [0.2, 0.25) is 0 Å². The van der Waals surface area contributed by atoms with Crippen molar-refractivity contribution in [2.75, 3.05) is 11.9 Å². The second kappa shape index (κ2) is 8.75. The summed E-state index contributed by atoms with van der Waals surface area (Å²) in [6.07, 6.45) is -0.650. The Balaban J connectivity index is 0.00000242. The van der Waals surface area contributed by atoms with Gasteiger partial charge >= 0.3 is 0 Å². The van der Waals surface area contributed by atoms with Crippen molar-refractivity contribution in [2.24, 2.45) is 10.7 Å². The fourth-order valence-corrected chi connectivity index (χ4v) is 1.99. The highest BCUT2D eigenvalue weighted by Crippen LogP contribution is 2.14. The monoisotopic (exact) mass is 411 g/mol. The zero-order chi connectivity index (χ0) is 15.2. The van der Waals surface area contributed by atoms with Gasteiger partial charge in [0.15, 0.2) is 5.96 Å².